The van der Waals surface area contributed by atoms with Crippen molar-refractivity contribution in [3.63, 3.8) is 0 Å². The number of nitrogens with one attached hydrogen (secondary N) is 2. The minimum atomic E-state index is -3.60. The van der Waals surface area contributed by atoms with Crippen molar-refractivity contribution in [1.29, 1.82) is 0 Å². The van der Waals surface area contributed by atoms with Gasteiger partial charge in [0.1, 0.15) is 4.90 Å². The van der Waals surface area contributed by atoms with Gasteiger partial charge in [0.2, 0.25) is 15.9 Å². The highest BCUT2D eigenvalue weighted by Crippen LogP contribution is 2.18. The third-order valence-corrected chi connectivity index (χ3v) is 5.06. The maximum absolute atomic E-state index is 12.3. The molecular weight excluding hydrogens is 268 g/mol. The average Bonchev–Trinajstić information content (AvgIpc) is 2.64. The molecule has 2 heterocycles. The van der Waals surface area contributed by atoms with Crippen LogP contribution in [-0.2, 0) is 14.8 Å². The largest absolute Gasteiger partial charge is 0.344 e. The molecule has 0 radical (unpaired) electrons. The van der Waals surface area contributed by atoms with Gasteiger partial charge in [0.15, 0.2) is 0 Å². The zero-order valence-electron chi connectivity index (χ0n) is 11.2. The van der Waals surface area contributed by atoms with Crippen LogP contribution in [0.4, 0.5) is 0 Å². The summed E-state index contributed by atoms with van der Waals surface area (Å²) in [4.78, 5) is 13.1. The molecule has 0 bridgehead atoms. The van der Waals surface area contributed by atoms with Gasteiger partial charge in [0, 0.05) is 26.1 Å². The molecule has 1 aromatic heterocycles. The monoisotopic (exact) mass is 286 g/mol. The van der Waals surface area contributed by atoms with E-state index in [1.54, 1.807) is 25.8 Å². The Bertz CT molecular complexity index is 574. The molecule has 106 valence electrons. The summed E-state index contributed by atoms with van der Waals surface area (Å²) in [6, 6.07) is -0.249. The van der Waals surface area contributed by atoms with E-state index in [0.29, 0.717) is 30.8 Å². The second kappa shape index (κ2) is 4.93. The smallest absolute Gasteiger partial charge is 0.244 e. The molecule has 0 spiro atoms. The highest BCUT2D eigenvalue weighted by molar-refractivity contribution is 7.89. The number of piperidine rings is 1. The van der Waals surface area contributed by atoms with Crippen LogP contribution in [0.5, 0.6) is 0 Å². The van der Waals surface area contributed by atoms with Gasteiger partial charge in [-0.1, -0.05) is 0 Å². The normalized spacial score (nSPS) is 20.9. The highest BCUT2D eigenvalue weighted by Gasteiger charge is 2.29. The fourth-order valence-corrected chi connectivity index (χ4v) is 3.96. The fourth-order valence-electron chi connectivity index (χ4n) is 2.32. The van der Waals surface area contributed by atoms with Crippen LogP contribution in [0.2, 0.25) is 0 Å². The van der Waals surface area contributed by atoms with Gasteiger partial charge in [-0.05, 0) is 20.3 Å². The van der Waals surface area contributed by atoms with Gasteiger partial charge in [-0.15, -0.1) is 0 Å². The summed E-state index contributed by atoms with van der Waals surface area (Å²) < 4.78 is 27.3. The van der Waals surface area contributed by atoms with Gasteiger partial charge in [0.25, 0.3) is 0 Å². The van der Waals surface area contributed by atoms with E-state index in [1.807, 2.05) is 0 Å². The first-order valence-electron chi connectivity index (χ1n) is 6.09. The lowest BCUT2D eigenvalue weighted by Gasteiger charge is -2.29. The zero-order chi connectivity index (χ0) is 14.2. The number of carbonyl (C=O) groups is 1. The van der Waals surface area contributed by atoms with Crippen molar-refractivity contribution in [3.05, 3.63) is 11.4 Å². The Morgan fingerprint density at radius 3 is 2.63 bits per heavy atom. The Kier molecular flexibility index (Phi) is 3.64. The average molecular weight is 286 g/mol. The van der Waals surface area contributed by atoms with Gasteiger partial charge >= 0.3 is 0 Å². The van der Waals surface area contributed by atoms with Crippen LogP contribution in [0.1, 0.15) is 24.2 Å². The van der Waals surface area contributed by atoms with E-state index in [4.69, 9.17) is 0 Å². The molecule has 1 atom stereocenters. The van der Waals surface area contributed by atoms with Crippen molar-refractivity contribution >= 4 is 15.9 Å². The summed E-state index contributed by atoms with van der Waals surface area (Å²) in [6.45, 7) is 3.72. The number of likely N-dealkylation sites (tertiary alicyclic amines) is 1. The molecule has 1 unspecified atom stereocenters. The third-order valence-electron chi connectivity index (χ3n) is 3.28. The lowest BCUT2D eigenvalue weighted by molar-refractivity contribution is -0.132. The number of H-pyrrole nitrogens is 1. The predicted octanol–water partition coefficient (Wildman–Crippen LogP) is -0.0744. The summed E-state index contributed by atoms with van der Waals surface area (Å²) in [5.74, 6) is 0.0473. The van der Waals surface area contributed by atoms with Crippen molar-refractivity contribution in [3.8, 4) is 0 Å². The number of carbonyl (C=O) groups excluding carboxylic acids is 1. The summed E-state index contributed by atoms with van der Waals surface area (Å²) in [6.07, 6.45) is 0.894. The Morgan fingerprint density at radius 1 is 1.42 bits per heavy atom. The number of sulfonamides is 1. The number of aromatic nitrogens is 2. The number of nitrogens with zero attached hydrogens (tertiary/aromatic N) is 2. The molecule has 19 heavy (non-hydrogen) atoms. The van der Waals surface area contributed by atoms with Crippen LogP contribution in [-0.4, -0.2) is 49.1 Å². The van der Waals surface area contributed by atoms with Gasteiger partial charge in [0.05, 0.1) is 11.4 Å². The Balaban J connectivity index is 2.17. The minimum Gasteiger partial charge on any atom is -0.344 e. The zero-order valence-corrected chi connectivity index (χ0v) is 12.0. The van der Waals surface area contributed by atoms with Crippen LogP contribution in [0.25, 0.3) is 0 Å². The maximum Gasteiger partial charge on any atom is 0.244 e. The fraction of sp³-hybridized carbons (Fsp3) is 0.636. The van der Waals surface area contributed by atoms with Crippen LogP contribution in [0.15, 0.2) is 4.90 Å². The molecular formula is C11H18N4O3S. The number of aromatic amines is 1. The standard InChI is InChI=1S/C11H18N4O3S/c1-7-11(8(2)13-12-7)19(17,18)14-9-4-5-10(16)15(3)6-9/h9,14H,4-6H2,1-3H3,(H,12,13). The molecule has 1 aliphatic heterocycles. The molecule has 1 amide bonds. The molecule has 1 fully saturated rings. The number of amides is 1. The quantitative estimate of drug-likeness (QED) is 0.813. The van der Waals surface area contributed by atoms with E-state index in [-0.39, 0.29) is 16.8 Å². The van der Waals surface area contributed by atoms with E-state index in [1.165, 1.54) is 0 Å². The summed E-state index contributed by atoms with van der Waals surface area (Å²) in [7, 11) is -1.92. The van der Waals surface area contributed by atoms with Crippen molar-refractivity contribution < 1.29 is 13.2 Å². The molecule has 0 saturated carbocycles. The second-order valence-corrected chi connectivity index (χ2v) is 6.55. The van der Waals surface area contributed by atoms with Gasteiger partial charge < -0.3 is 4.90 Å². The van der Waals surface area contributed by atoms with Crippen LogP contribution < -0.4 is 4.72 Å². The molecule has 7 nitrogen and oxygen atoms in total. The third kappa shape index (κ3) is 2.79. The molecule has 2 rings (SSSR count). The molecule has 0 aliphatic carbocycles. The molecule has 0 aromatic carbocycles. The summed E-state index contributed by atoms with van der Waals surface area (Å²) >= 11 is 0. The maximum atomic E-state index is 12.3. The summed E-state index contributed by atoms with van der Waals surface area (Å²) in [5, 5.41) is 6.56. The number of hydrogen-bond donors (Lipinski definition) is 2. The predicted molar refractivity (Wildman–Crippen MR) is 69.0 cm³/mol. The van der Waals surface area contributed by atoms with E-state index in [2.05, 4.69) is 14.9 Å². The highest BCUT2D eigenvalue weighted by atomic mass is 32.2. The lowest BCUT2D eigenvalue weighted by Crippen LogP contribution is -2.48. The first kappa shape index (κ1) is 14.0. The van der Waals surface area contributed by atoms with Crippen LogP contribution in [0, 0.1) is 13.8 Å². The second-order valence-electron chi connectivity index (χ2n) is 4.89. The Morgan fingerprint density at radius 2 is 2.11 bits per heavy atom. The first-order valence-corrected chi connectivity index (χ1v) is 7.57. The summed E-state index contributed by atoms with van der Waals surface area (Å²) in [5.41, 5.74) is 0.968. The van der Waals surface area contributed by atoms with Crippen LogP contribution >= 0.6 is 0 Å². The van der Waals surface area contributed by atoms with E-state index in [0.717, 1.165) is 0 Å². The Hall–Kier alpha value is -1.41. The van der Waals surface area contributed by atoms with Gasteiger partial charge in [-0.2, -0.15) is 5.10 Å². The van der Waals surface area contributed by atoms with E-state index < -0.39 is 10.0 Å². The SMILES string of the molecule is Cc1n[nH]c(C)c1S(=O)(=O)NC1CCC(=O)N(C)C1. The molecule has 2 N–H and O–H groups in total. The number of aryl methyl sites for hydroxylation is 2. The van der Waals surface area contributed by atoms with E-state index in [9.17, 15) is 13.2 Å². The van der Waals surface area contributed by atoms with Gasteiger partial charge in [-0.25, -0.2) is 13.1 Å². The number of rotatable bonds is 3. The number of hydrogen-bond acceptors (Lipinski definition) is 4. The van der Waals surface area contributed by atoms with Gasteiger partial charge in [-0.3, -0.25) is 9.89 Å². The van der Waals surface area contributed by atoms with Crippen molar-refractivity contribution in [2.75, 3.05) is 13.6 Å². The van der Waals surface area contributed by atoms with Crippen molar-refractivity contribution in [2.45, 2.75) is 37.6 Å². The first-order chi connectivity index (χ1) is 8.81. The molecule has 8 heteroatoms. The molecule has 1 aliphatic rings. The number of likely N-dealkylation sites (N-methyl/N-ethyl adjacent to an activating group) is 1. The molecule has 1 aromatic rings. The van der Waals surface area contributed by atoms with Crippen molar-refractivity contribution in [2.24, 2.45) is 0 Å². The van der Waals surface area contributed by atoms with Crippen molar-refractivity contribution in [1.82, 2.24) is 19.8 Å². The minimum absolute atomic E-state index is 0.0473. The Labute approximate surface area is 112 Å². The van der Waals surface area contributed by atoms with E-state index >= 15 is 0 Å². The topological polar surface area (TPSA) is 95.2 Å². The lowest BCUT2D eigenvalue weighted by atomic mass is 10.1. The van der Waals surface area contributed by atoms with Crippen LogP contribution in [0.3, 0.4) is 0 Å². The molecule has 1 saturated heterocycles.